The fourth-order valence-electron chi connectivity index (χ4n) is 6.21. The second-order valence-electron chi connectivity index (χ2n) is 14.2. The highest BCUT2D eigenvalue weighted by molar-refractivity contribution is 6.06. The van der Waals surface area contributed by atoms with E-state index >= 15 is 0 Å². The first kappa shape index (κ1) is 49.1. The zero-order valence-corrected chi connectivity index (χ0v) is 36.0. The lowest BCUT2D eigenvalue weighted by Crippen LogP contribution is -2.38. The highest BCUT2D eigenvalue weighted by atomic mass is 19.4. The van der Waals surface area contributed by atoms with E-state index in [0.29, 0.717) is 100 Å². The lowest BCUT2D eigenvalue weighted by Gasteiger charge is -2.23. The number of hydrogen-bond donors (Lipinski definition) is 3. The number of halogens is 3. The highest BCUT2D eigenvalue weighted by Gasteiger charge is 2.30. The number of nitrogens with zero attached hydrogens (tertiary/aromatic N) is 3. The Labute approximate surface area is 362 Å². The summed E-state index contributed by atoms with van der Waals surface area (Å²) in [5, 5.41) is 8.51. The molecule has 0 atom stereocenters. The van der Waals surface area contributed by atoms with Crippen molar-refractivity contribution in [2.24, 2.45) is 0 Å². The number of amides is 4. The zero-order chi connectivity index (χ0) is 44.7. The predicted octanol–water partition coefficient (Wildman–Crippen LogP) is 7.46. The molecule has 0 bridgehead atoms. The molecule has 336 valence electrons. The molecule has 0 saturated heterocycles. The molecule has 0 unspecified atom stereocenters. The van der Waals surface area contributed by atoms with Gasteiger partial charge in [-0.2, -0.15) is 13.2 Å². The number of ether oxygens (including phenoxy) is 4. The van der Waals surface area contributed by atoms with E-state index < -0.39 is 17.6 Å². The third-order valence-corrected chi connectivity index (χ3v) is 9.79. The molecular formula is C46H59F3N6O7. The molecule has 3 aromatic carbocycles. The number of aromatic nitrogens is 1. The van der Waals surface area contributed by atoms with Crippen LogP contribution in [0.2, 0.25) is 0 Å². The van der Waals surface area contributed by atoms with Gasteiger partial charge in [-0.1, -0.05) is 24.3 Å². The maximum absolute atomic E-state index is 13.7. The van der Waals surface area contributed by atoms with Gasteiger partial charge in [-0.05, 0) is 99.3 Å². The minimum absolute atomic E-state index is 0.0984. The van der Waals surface area contributed by atoms with Crippen LogP contribution in [0, 0.1) is 0 Å². The van der Waals surface area contributed by atoms with E-state index in [9.17, 15) is 27.6 Å². The molecule has 1 aromatic heterocycles. The van der Waals surface area contributed by atoms with E-state index in [4.69, 9.17) is 18.9 Å². The van der Waals surface area contributed by atoms with Gasteiger partial charge in [0.15, 0.2) is 0 Å². The number of nitrogens with one attached hydrogen (secondary N) is 3. The minimum atomic E-state index is -4.49. The van der Waals surface area contributed by atoms with Crippen molar-refractivity contribution in [3.8, 4) is 11.3 Å². The van der Waals surface area contributed by atoms with Crippen molar-refractivity contribution >= 4 is 29.2 Å². The first-order valence-electron chi connectivity index (χ1n) is 20.9. The van der Waals surface area contributed by atoms with Crippen LogP contribution < -0.4 is 20.9 Å². The van der Waals surface area contributed by atoms with Crippen molar-refractivity contribution in [1.82, 2.24) is 20.5 Å². The smallest absolute Gasteiger partial charge is 0.379 e. The van der Waals surface area contributed by atoms with Gasteiger partial charge in [-0.25, -0.2) is 4.79 Å². The quantitative estimate of drug-likeness (QED) is 0.0549. The molecule has 0 aliphatic rings. The SMILES string of the molecule is CCN(C)C(=O)NCCOCCOCCOCCOCCCc1cccc(C(=O)Nc2ccc(N(CC)CC)cc2-c2cc(C(=O)NCc3cccc(C(F)(F)F)c3)ccn2)c1. The van der Waals surface area contributed by atoms with Gasteiger partial charge in [0, 0.05) is 75.0 Å². The normalized spacial score (nSPS) is 11.3. The van der Waals surface area contributed by atoms with Crippen LogP contribution >= 0.6 is 0 Å². The van der Waals surface area contributed by atoms with Crippen LogP contribution in [0.5, 0.6) is 0 Å². The molecule has 0 aliphatic carbocycles. The number of hydrogen-bond acceptors (Lipinski definition) is 9. The molecule has 4 rings (SSSR count). The summed E-state index contributed by atoms with van der Waals surface area (Å²) in [7, 11) is 1.73. The predicted molar refractivity (Wildman–Crippen MR) is 234 cm³/mol. The number of benzene rings is 3. The topological polar surface area (TPSA) is 144 Å². The van der Waals surface area contributed by atoms with Crippen molar-refractivity contribution in [1.29, 1.82) is 0 Å². The molecule has 62 heavy (non-hydrogen) atoms. The Morgan fingerprint density at radius 3 is 2.00 bits per heavy atom. The molecule has 0 spiro atoms. The first-order valence-corrected chi connectivity index (χ1v) is 20.9. The van der Waals surface area contributed by atoms with Crippen LogP contribution in [0.1, 0.15) is 64.6 Å². The lowest BCUT2D eigenvalue weighted by molar-refractivity contribution is -0.137. The number of urea groups is 1. The summed E-state index contributed by atoms with van der Waals surface area (Å²) >= 11 is 0. The fourth-order valence-corrected chi connectivity index (χ4v) is 6.21. The van der Waals surface area contributed by atoms with E-state index in [1.807, 2.05) is 57.2 Å². The second-order valence-corrected chi connectivity index (χ2v) is 14.2. The molecule has 0 aliphatic heterocycles. The van der Waals surface area contributed by atoms with Gasteiger partial charge in [-0.15, -0.1) is 0 Å². The summed E-state index contributed by atoms with van der Waals surface area (Å²) in [4.78, 5) is 46.8. The summed E-state index contributed by atoms with van der Waals surface area (Å²) in [6, 6.07) is 20.9. The monoisotopic (exact) mass is 864 g/mol. The summed E-state index contributed by atoms with van der Waals surface area (Å²) in [5.74, 6) is -0.798. The molecule has 4 aromatic rings. The van der Waals surface area contributed by atoms with Crippen molar-refractivity contribution in [3.05, 3.63) is 113 Å². The van der Waals surface area contributed by atoms with Crippen molar-refractivity contribution in [2.75, 3.05) is 96.3 Å². The summed E-state index contributed by atoms with van der Waals surface area (Å²) in [5.41, 5.74) is 3.68. The number of alkyl halides is 3. The van der Waals surface area contributed by atoms with E-state index in [1.165, 1.54) is 24.4 Å². The fraction of sp³-hybridized carbons (Fsp3) is 0.435. The van der Waals surface area contributed by atoms with Gasteiger partial charge in [0.1, 0.15) is 0 Å². The second kappa shape index (κ2) is 26.0. The average Bonchev–Trinajstić information content (AvgIpc) is 3.28. The van der Waals surface area contributed by atoms with Crippen molar-refractivity contribution < 1.29 is 46.5 Å². The summed E-state index contributed by atoms with van der Waals surface area (Å²) in [6.07, 6.45) is -1.55. The van der Waals surface area contributed by atoms with E-state index in [1.54, 1.807) is 24.1 Å². The first-order chi connectivity index (χ1) is 29.9. The lowest BCUT2D eigenvalue weighted by atomic mass is 10.0. The minimum Gasteiger partial charge on any atom is -0.379 e. The van der Waals surface area contributed by atoms with Gasteiger partial charge in [0.05, 0.1) is 63.2 Å². The molecule has 1 heterocycles. The standard InChI is InChI=1S/C46H59F3N6O7/c1-5-54(4)45(58)51-20-22-60-24-26-62-28-27-61-25-23-59-21-10-13-34-11-8-14-36(29-34)44(57)53-41-17-16-39(55(6-2)7-3)32-40(41)42-31-37(18-19-50-42)43(56)52-33-35-12-9-15-38(30-35)46(47,48)49/h8-9,11-12,14-19,29-32H,5-7,10,13,20-28,33H2,1-4H3,(H,51,58)(H,52,56)(H,53,57). The van der Waals surface area contributed by atoms with Gasteiger partial charge >= 0.3 is 12.2 Å². The van der Waals surface area contributed by atoms with Crippen LogP contribution in [0.25, 0.3) is 11.3 Å². The van der Waals surface area contributed by atoms with Crippen molar-refractivity contribution in [3.63, 3.8) is 0 Å². The third-order valence-electron chi connectivity index (χ3n) is 9.79. The van der Waals surface area contributed by atoms with E-state index in [0.717, 1.165) is 42.9 Å². The largest absolute Gasteiger partial charge is 0.416 e. The third kappa shape index (κ3) is 16.4. The Morgan fingerprint density at radius 2 is 1.32 bits per heavy atom. The van der Waals surface area contributed by atoms with Gasteiger partial charge in [-0.3, -0.25) is 14.6 Å². The zero-order valence-electron chi connectivity index (χ0n) is 36.0. The Bertz CT molecular complexity index is 2010. The molecule has 0 saturated carbocycles. The number of rotatable bonds is 26. The number of carbonyl (C=O) groups is 3. The maximum Gasteiger partial charge on any atom is 0.416 e. The number of carbonyl (C=O) groups excluding carboxylic acids is 3. The maximum atomic E-state index is 13.7. The van der Waals surface area contributed by atoms with Crippen LogP contribution in [0.4, 0.5) is 29.3 Å². The molecular weight excluding hydrogens is 806 g/mol. The van der Waals surface area contributed by atoms with Crippen LogP contribution in [0.15, 0.2) is 85.1 Å². The Hall–Kier alpha value is -5.55. The molecule has 13 nitrogen and oxygen atoms in total. The van der Waals surface area contributed by atoms with Crippen LogP contribution in [-0.4, -0.2) is 114 Å². The Kier molecular flexibility index (Phi) is 20.6. The molecule has 4 amide bonds. The number of aryl methyl sites for hydroxylation is 1. The molecule has 16 heteroatoms. The van der Waals surface area contributed by atoms with E-state index in [2.05, 4.69) is 25.8 Å². The summed E-state index contributed by atoms with van der Waals surface area (Å²) in [6.45, 7) is 12.0. The summed E-state index contributed by atoms with van der Waals surface area (Å²) < 4.78 is 61.9. The highest BCUT2D eigenvalue weighted by Crippen LogP contribution is 2.33. The van der Waals surface area contributed by atoms with Crippen molar-refractivity contribution in [2.45, 2.75) is 46.3 Å². The Morgan fingerprint density at radius 1 is 0.677 bits per heavy atom. The number of pyridine rings is 1. The molecule has 0 fully saturated rings. The average molecular weight is 865 g/mol. The van der Waals surface area contributed by atoms with Crippen LogP contribution in [-0.2, 0) is 38.1 Å². The Balaban J connectivity index is 1.24. The van der Waals surface area contributed by atoms with Gasteiger partial charge in [0.2, 0.25) is 0 Å². The molecule has 0 radical (unpaired) electrons. The molecule has 3 N–H and O–H groups in total. The van der Waals surface area contributed by atoms with Gasteiger partial charge < -0.3 is 44.7 Å². The number of anilines is 2. The van der Waals surface area contributed by atoms with E-state index in [-0.39, 0.29) is 24.0 Å². The van der Waals surface area contributed by atoms with Crippen LogP contribution in [0.3, 0.4) is 0 Å². The van der Waals surface area contributed by atoms with Gasteiger partial charge in [0.25, 0.3) is 11.8 Å².